The Bertz CT molecular complexity index is 494. The highest BCUT2D eigenvalue weighted by Crippen LogP contribution is 2.25. The number of anilines is 1. The summed E-state index contributed by atoms with van der Waals surface area (Å²) in [7, 11) is 0. The second kappa shape index (κ2) is 6.29. The Labute approximate surface area is 114 Å². The van der Waals surface area contributed by atoms with Crippen LogP contribution in [0.1, 0.15) is 36.2 Å². The third-order valence-electron chi connectivity index (χ3n) is 3.10. The summed E-state index contributed by atoms with van der Waals surface area (Å²) < 4.78 is 0. The van der Waals surface area contributed by atoms with Crippen LogP contribution in [-0.4, -0.2) is 16.5 Å². The van der Waals surface area contributed by atoms with Gasteiger partial charge in [0.25, 0.3) is 0 Å². The molecule has 1 unspecified atom stereocenters. The molecule has 2 aromatic rings. The summed E-state index contributed by atoms with van der Waals surface area (Å²) >= 11 is 0. The van der Waals surface area contributed by atoms with Gasteiger partial charge in [-0.1, -0.05) is 19.1 Å². The number of nitrogens with zero attached hydrogens (tertiary/aromatic N) is 2. The normalized spacial score (nSPS) is 12.3. The number of nitrogen functional groups attached to an aromatic ring is 1. The molecule has 0 aliphatic rings. The standard InChI is InChI=1S/C15H20N4/c1-3-8-17-14(12-7-5-10-19-15(12)16)13-11(2)6-4-9-18-13/h4-7,9-10,14,17H,3,8H2,1-2H3,(H2,16,19). The molecular weight excluding hydrogens is 236 g/mol. The lowest BCUT2D eigenvalue weighted by Crippen LogP contribution is -2.26. The first-order valence-electron chi connectivity index (χ1n) is 6.59. The van der Waals surface area contributed by atoms with Gasteiger partial charge in [-0.15, -0.1) is 0 Å². The summed E-state index contributed by atoms with van der Waals surface area (Å²) in [5.41, 5.74) is 9.15. The molecule has 0 amide bonds. The third kappa shape index (κ3) is 3.09. The number of aromatic nitrogens is 2. The number of pyridine rings is 2. The molecule has 0 aromatic carbocycles. The van der Waals surface area contributed by atoms with E-state index >= 15 is 0 Å². The summed E-state index contributed by atoms with van der Waals surface area (Å²) in [6.45, 7) is 5.12. The van der Waals surface area contributed by atoms with E-state index < -0.39 is 0 Å². The maximum atomic E-state index is 6.00. The summed E-state index contributed by atoms with van der Waals surface area (Å²) in [5.74, 6) is 0.557. The Balaban J connectivity index is 2.42. The second-order valence-electron chi connectivity index (χ2n) is 4.57. The summed E-state index contributed by atoms with van der Waals surface area (Å²) in [5, 5.41) is 3.50. The number of hydrogen-bond acceptors (Lipinski definition) is 4. The van der Waals surface area contributed by atoms with Gasteiger partial charge in [-0.2, -0.15) is 0 Å². The van der Waals surface area contributed by atoms with Crippen LogP contribution < -0.4 is 11.1 Å². The van der Waals surface area contributed by atoms with Gasteiger partial charge in [-0.05, 0) is 37.6 Å². The Hall–Kier alpha value is -1.94. The smallest absolute Gasteiger partial charge is 0.128 e. The van der Waals surface area contributed by atoms with Gasteiger partial charge in [0, 0.05) is 18.0 Å². The van der Waals surface area contributed by atoms with Crippen molar-refractivity contribution in [3.63, 3.8) is 0 Å². The molecule has 0 spiro atoms. The highest BCUT2D eigenvalue weighted by atomic mass is 15.0. The summed E-state index contributed by atoms with van der Waals surface area (Å²) in [6, 6.07) is 7.92. The molecule has 0 fully saturated rings. The Morgan fingerprint density at radius 2 is 1.95 bits per heavy atom. The van der Waals surface area contributed by atoms with E-state index in [0.29, 0.717) is 5.82 Å². The number of rotatable bonds is 5. The Kier molecular flexibility index (Phi) is 4.47. The van der Waals surface area contributed by atoms with Crippen LogP contribution in [0.5, 0.6) is 0 Å². The molecule has 0 aliphatic heterocycles. The average molecular weight is 256 g/mol. The van der Waals surface area contributed by atoms with Gasteiger partial charge in [0.05, 0.1) is 11.7 Å². The van der Waals surface area contributed by atoms with Gasteiger partial charge in [0.2, 0.25) is 0 Å². The maximum Gasteiger partial charge on any atom is 0.128 e. The molecule has 0 radical (unpaired) electrons. The van der Waals surface area contributed by atoms with E-state index in [1.807, 2.05) is 24.4 Å². The fourth-order valence-electron chi connectivity index (χ4n) is 2.12. The molecule has 0 saturated carbocycles. The lowest BCUT2D eigenvalue weighted by molar-refractivity contribution is 0.584. The second-order valence-corrected chi connectivity index (χ2v) is 4.57. The van der Waals surface area contributed by atoms with Crippen molar-refractivity contribution in [2.24, 2.45) is 0 Å². The topological polar surface area (TPSA) is 63.8 Å². The fraction of sp³-hybridized carbons (Fsp3) is 0.333. The highest BCUT2D eigenvalue weighted by molar-refractivity contribution is 5.45. The van der Waals surface area contributed by atoms with Crippen LogP contribution in [0.25, 0.3) is 0 Å². The number of hydrogen-bond donors (Lipinski definition) is 2. The number of aryl methyl sites for hydroxylation is 1. The van der Waals surface area contributed by atoms with Crippen molar-refractivity contribution in [1.82, 2.24) is 15.3 Å². The van der Waals surface area contributed by atoms with Crippen LogP contribution in [0.15, 0.2) is 36.7 Å². The van der Waals surface area contributed by atoms with Crippen molar-refractivity contribution in [1.29, 1.82) is 0 Å². The van der Waals surface area contributed by atoms with E-state index in [9.17, 15) is 0 Å². The highest BCUT2D eigenvalue weighted by Gasteiger charge is 2.19. The molecule has 4 heteroatoms. The molecule has 2 aromatic heterocycles. The summed E-state index contributed by atoms with van der Waals surface area (Å²) in [4.78, 5) is 8.68. The van der Waals surface area contributed by atoms with E-state index in [1.165, 1.54) is 0 Å². The molecule has 19 heavy (non-hydrogen) atoms. The monoisotopic (exact) mass is 256 g/mol. The Morgan fingerprint density at radius 1 is 1.21 bits per heavy atom. The number of nitrogens with one attached hydrogen (secondary N) is 1. The molecule has 0 bridgehead atoms. The van der Waals surface area contributed by atoms with Crippen LogP contribution in [0.3, 0.4) is 0 Å². The van der Waals surface area contributed by atoms with Crippen LogP contribution in [0.2, 0.25) is 0 Å². The van der Waals surface area contributed by atoms with Crippen molar-refractivity contribution < 1.29 is 0 Å². The predicted octanol–water partition coefficient (Wildman–Crippen LogP) is 2.46. The first kappa shape index (κ1) is 13.5. The van der Waals surface area contributed by atoms with Crippen molar-refractivity contribution in [2.75, 3.05) is 12.3 Å². The molecule has 0 aliphatic carbocycles. The maximum absolute atomic E-state index is 6.00. The van der Waals surface area contributed by atoms with E-state index in [4.69, 9.17) is 5.73 Å². The van der Waals surface area contributed by atoms with Crippen LogP contribution in [-0.2, 0) is 0 Å². The first-order chi connectivity index (χ1) is 9.24. The van der Waals surface area contributed by atoms with Crippen LogP contribution >= 0.6 is 0 Å². The minimum absolute atomic E-state index is 0.00477. The molecule has 100 valence electrons. The first-order valence-corrected chi connectivity index (χ1v) is 6.59. The van der Waals surface area contributed by atoms with Gasteiger partial charge in [-0.25, -0.2) is 4.98 Å². The minimum atomic E-state index is -0.00477. The van der Waals surface area contributed by atoms with E-state index in [2.05, 4.69) is 35.2 Å². The molecular formula is C15H20N4. The van der Waals surface area contributed by atoms with Crippen molar-refractivity contribution >= 4 is 5.82 Å². The largest absolute Gasteiger partial charge is 0.383 e. The van der Waals surface area contributed by atoms with Crippen LogP contribution in [0, 0.1) is 6.92 Å². The van der Waals surface area contributed by atoms with Gasteiger partial charge >= 0.3 is 0 Å². The Morgan fingerprint density at radius 3 is 2.63 bits per heavy atom. The van der Waals surface area contributed by atoms with Gasteiger partial charge in [0.1, 0.15) is 5.82 Å². The van der Waals surface area contributed by atoms with Crippen molar-refractivity contribution in [3.05, 3.63) is 53.5 Å². The molecule has 1 atom stereocenters. The summed E-state index contributed by atoms with van der Waals surface area (Å²) in [6.07, 6.45) is 4.58. The van der Waals surface area contributed by atoms with Gasteiger partial charge in [-0.3, -0.25) is 4.98 Å². The van der Waals surface area contributed by atoms with Crippen molar-refractivity contribution in [3.8, 4) is 0 Å². The zero-order valence-corrected chi connectivity index (χ0v) is 11.4. The van der Waals surface area contributed by atoms with Gasteiger partial charge < -0.3 is 11.1 Å². The predicted molar refractivity (Wildman–Crippen MR) is 77.8 cm³/mol. The zero-order valence-electron chi connectivity index (χ0n) is 11.4. The van der Waals surface area contributed by atoms with E-state index in [-0.39, 0.29) is 6.04 Å². The quantitative estimate of drug-likeness (QED) is 0.862. The third-order valence-corrected chi connectivity index (χ3v) is 3.10. The van der Waals surface area contributed by atoms with E-state index in [1.54, 1.807) is 6.20 Å². The zero-order chi connectivity index (χ0) is 13.7. The fourth-order valence-corrected chi connectivity index (χ4v) is 2.12. The SMILES string of the molecule is CCCNC(c1cccnc1N)c1ncccc1C. The minimum Gasteiger partial charge on any atom is -0.383 e. The van der Waals surface area contributed by atoms with E-state index in [0.717, 1.165) is 29.8 Å². The average Bonchev–Trinajstić information content (AvgIpc) is 2.42. The lowest BCUT2D eigenvalue weighted by Gasteiger charge is -2.21. The molecule has 3 N–H and O–H groups in total. The number of nitrogens with two attached hydrogens (primary N) is 1. The van der Waals surface area contributed by atoms with Crippen molar-refractivity contribution in [2.45, 2.75) is 26.3 Å². The molecule has 2 rings (SSSR count). The molecule has 0 saturated heterocycles. The van der Waals surface area contributed by atoms with Crippen LogP contribution in [0.4, 0.5) is 5.82 Å². The molecule has 4 nitrogen and oxygen atoms in total. The van der Waals surface area contributed by atoms with Gasteiger partial charge in [0.15, 0.2) is 0 Å². The lowest BCUT2D eigenvalue weighted by atomic mass is 10.0. The molecule has 2 heterocycles.